The highest BCUT2D eigenvalue weighted by atomic mass is 35.5. The Morgan fingerprint density at radius 2 is 2.10 bits per heavy atom. The molecule has 1 aromatic heterocycles. The number of nitrogens with two attached hydrogens (primary N) is 1. The molecule has 5 heteroatoms. The lowest BCUT2D eigenvalue weighted by molar-refractivity contribution is 0.300. The van der Waals surface area contributed by atoms with E-state index in [1.54, 1.807) is 0 Å². The molecule has 1 aromatic carbocycles. The monoisotopic (exact) mass is 294 g/mol. The summed E-state index contributed by atoms with van der Waals surface area (Å²) in [5, 5.41) is 0.479. The molecule has 0 aliphatic rings. The third-order valence-electron chi connectivity index (χ3n) is 2.84. The molecular weight excluding hydrogens is 279 g/mol. The molecule has 2 rings (SSSR count). The number of nitrogens with zero attached hydrogens (tertiary/aromatic N) is 1. The Bertz CT molecular complexity index is 604. The number of ether oxygens (including phenoxy) is 1. The standard InChI is InChI=1S/C15H16ClFN2O/c1-10-2-5-15(14(19-10)6-7-18)20-9-11-8-12(17)3-4-13(11)16/h2-5,8H,6-7,9,18H2,1H3. The van der Waals surface area contributed by atoms with Crippen LogP contribution in [0.3, 0.4) is 0 Å². The number of halogens is 2. The van der Waals surface area contributed by atoms with Gasteiger partial charge in [-0.15, -0.1) is 0 Å². The first-order chi connectivity index (χ1) is 9.60. The summed E-state index contributed by atoms with van der Waals surface area (Å²) in [4.78, 5) is 4.40. The van der Waals surface area contributed by atoms with E-state index in [4.69, 9.17) is 22.1 Å². The summed E-state index contributed by atoms with van der Waals surface area (Å²) in [6, 6.07) is 7.92. The maximum Gasteiger partial charge on any atom is 0.141 e. The highest BCUT2D eigenvalue weighted by Crippen LogP contribution is 2.22. The van der Waals surface area contributed by atoms with Crippen molar-refractivity contribution in [1.82, 2.24) is 4.98 Å². The molecule has 0 unspecified atom stereocenters. The zero-order valence-electron chi connectivity index (χ0n) is 11.2. The Morgan fingerprint density at radius 3 is 2.85 bits per heavy atom. The SMILES string of the molecule is Cc1ccc(OCc2cc(F)ccc2Cl)c(CCN)n1. The van der Waals surface area contributed by atoms with Crippen molar-refractivity contribution in [2.45, 2.75) is 20.0 Å². The van der Waals surface area contributed by atoms with Crippen molar-refractivity contribution in [2.24, 2.45) is 5.73 Å². The van der Waals surface area contributed by atoms with Crippen LogP contribution in [0.4, 0.5) is 4.39 Å². The van der Waals surface area contributed by atoms with Gasteiger partial charge in [-0.2, -0.15) is 0 Å². The summed E-state index contributed by atoms with van der Waals surface area (Å²) < 4.78 is 18.9. The molecule has 0 bridgehead atoms. The van der Waals surface area contributed by atoms with Crippen LogP contribution >= 0.6 is 11.6 Å². The first-order valence-electron chi connectivity index (χ1n) is 6.33. The largest absolute Gasteiger partial charge is 0.487 e. The minimum atomic E-state index is -0.336. The highest BCUT2D eigenvalue weighted by molar-refractivity contribution is 6.31. The molecule has 106 valence electrons. The Balaban J connectivity index is 2.16. The van der Waals surface area contributed by atoms with Gasteiger partial charge in [-0.1, -0.05) is 11.6 Å². The number of rotatable bonds is 5. The Hall–Kier alpha value is -1.65. The lowest BCUT2D eigenvalue weighted by atomic mass is 10.2. The van der Waals surface area contributed by atoms with Crippen molar-refractivity contribution in [1.29, 1.82) is 0 Å². The summed E-state index contributed by atoms with van der Waals surface area (Å²) in [5.74, 6) is 0.318. The van der Waals surface area contributed by atoms with Gasteiger partial charge in [-0.3, -0.25) is 4.98 Å². The molecule has 0 aliphatic carbocycles. The number of pyridine rings is 1. The molecule has 2 aromatic rings. The maximum atomic E-state index is 13.2. The topological polar surface area (TPSA) is 48.1 Å². The first kappa shape index (κ1) is 14.8. The third kappa shape index (κ3) is 3.68. The van der Waals surface area contributed by atoms with Crippen LogP contribution in [-0.4, -0.2) is 11.5 Å². The second-order valence-corrected chi connectivity index (χ2v) is 4.87. The van der Waals surface area contributed by atoms with Gasteiger partial charge in [0.1, 0.15) is 18.2 Å². The van der Waals surface area contributed by atoms with Crippen LogP contribution in [0.5, 0.6) is 5.75 Å². The van der Waals surface area contributed by atoms with E-state index in [1.165, 1.54) is 18.2 Å². The molecule has 2 N–H and O–H groups in total. The van der Waals surface area contributed by atoms with Crippen LogP contribution in [0.25, 0.3) is 0 Å². The van der Waals surface area contributed by atoms with Gasteiger partial charge in [0.05, 0.1) is 5.69 Å². The predicted molar refractivity (Wildman–Crippen MR) is 77.5 cm³/mol. The van der Waals surface area contributed by atoms with Crippen LogP contribution < -0.4 is 10.5 Å². The van der Waals surface area contributed by atoms with Crippen molar-refractivity contribution in [3.63, 3.8) is 0 Å². The Kier molecular flexibility index (Phi) is 4.93. The number of hydrogen-bond donors (Lipinski definition) is 1. The zero-order chi connectivity index (χ0) is 14.5. The third-order valence-corrected chi connectivity index (χ3v) is 3.21. The number of aryl methyl sites for hydroxylation is 1. The normalized spacial score (nSPS) is 10.6. The highest BCUT2D eigenvalue weighted by Gasteiger charge is 2.08. The number of hydrogen-bond acceptors (Lipinski definition) is 3. The first-order valence-corrected chi connectivity index (χ1v) is 6.71. The molecule has 0 saturated heterocycles. The molecular formula is C15H16ClFN2O. The summed E-state index contributed by atoms with van der Waals surface area (Å²) in [7, 11) is 0. The van der Waals surface area contributed by atoms with E-state index in [0.717, 1.165) is 11.4 Å². The minimum absolute atomic E-state index is 0.193. The predicted octanol–water partition coefficient (Wildman–Crippen LogP) is 3.26. The van der Waals surface area contributed by atoms with E-state index in [0.29, 0.717) is 29.3 Å². The van der Waals surface area contributed by atoms with Gasteiger partial charge in [-0.25, -0.2) is 4.39 Å². The van der Waals surface area contributed by atoms with Gasteiger partial charge in [0.25, 0.3) is 0 Å². The number of benzene rings is 1. The van der Waals surface area contributed by atoms with E-state index in [1.807, 2.05) is 19.1 Å². The summed E-state index contributed by atoms with van der Waals surface area (Å²) in [5.41, 5.74) is 7.88. The van der Waals surface area contributed by atoms with Gasteiger partial charge in [0.15, 0.2) is 0 Å². The molecule has 3 nitrogen and oxygen atoms in total. The van der Waals surface area contributed by atoms with Gasteiger partial charge in [0.2, 0.25) is 0 Å². The van der Waals surface area contributed by atoms with E-state index < -0.39 is 0 Å². The van der Waals surface area contributed by atoms with Crippen LogP contribution in [0.2, 0.25) is 5.02 Å². The quantitative estimate of drug-likeness (QED) is 0.921. The lowest BCUT2D eigenvalue weighted by Crippen LogP contribution is -2.08. The maximum absolute atomic E-state index is 13.2. The van der Waals surface area contributed by atoms with E-state index >= 15 is 0 Å². The van der Waals surface area contributed by atoms with E-state index in [-0.39, 0.29) is 12.4 Å². The summed E-state index contributed by atoms with van der Waals surface area (Å²) in [6.45, 7) is 2.60. The second-order valence-electron chi connectivity index (χ2n) is 4.46. The smallest absolute Gasteiger partial charge is 0.141 e. The van der Waals surface area contributed by atoms with E-state index in [9.17, 15) is 4.39 Å². The van der Waals surface area contributed by atoms with Crippen LogP contribution in [0.15, 0.2) is 30.3 Å². The van der Waals surface area contributed by atoms with Crippen molar-refractivity contribution in [3.8, 4) is 5.75 Å². The van der Waals surface area contributed by atoms with Crippen LogP contribution in [0, 0.1) is 12.7 Å². The minimum Gasteiger partial charge on any atom is -0.487 e. The molecule has 0 amide bonds. The molecule has 0 aliphatic heterocycles. The van der Waals surface area contributed by atoms with Crippen LogP contribution in [-0.2, 0) is 13.0 Å². The van der Waals surface area contributed by atoms with Gasteiger partial charge in [0, 0.05) is 22.7 Å². The fourth-order valence-electron chi connectivity index (χ4n) is 1.85. The van der Waals surface area contributed by atoms with Crippen LogP contribution in [0.1, 0.15) is 17.0 Å². The molecule has 0 saturated carbocycles. The molecule has 0 fully saturated rings. The van der Waals surface area contributed by atoms with Crippen molar-refractivity contribution in [2.75, 3.05) is 6.54 Å². The average molecular weight is 295 g/mol. The zero-order valence-corrected chi connectivity index (χ0v) is 12.0. The van der Waals surface area contributed by atoms with Gasteiger partial charge in [-0.05, 0) is 43.8 Å². The summed E-state index contributed by atoms with van der Waals surface area (Å²) in [6.07, 6.45) is 0.633. The van der Waals surface area contributed by atoms with Crippen molar-refractivity contribution in [3.05, 3.63) is 58.1 Å². The van der Waals surface area contributed by atoms with Gasteiger partial charge < -0.3 is 10.5 Å². The molecule has 1 heterocycles. The van der Waals surface area contributed by atoms with Gasteiger partial charge >= 0.3 is 0 Å². The summed E-state index contributed by atoms with van der Waals surface area (Å²) >= 11 is 6.01. The molecule has 20 heavy (non-hydrogen) atoms. The lowest BCUT2D eigenvalue weighted by Gasteiger charge is -2.12. The van der Waals surface area contributed by atoms with Crippen molar-refractivity contribution >= 4 is 11.6 Å². The molecule has 0 radical (unpaired) electrons. The average Bonchev–Trinajstić information content (AvgIpc) is 2.42. The molecule has 0 spiro atoms. The fraction of sp³-hybridized carbons (Fsp3) is 0.267. The Morgan fingerprint density at radius 1 is 1.30 bits per heavy atom. The Labute approximate surface area is 122 Å². The molecule has 0 atom stereocenters. The second kappa shape index (κ2) is 6.68. The number of aromatic nitrogens is 1. The van der Waals surface area contributed by atoms with Crippen molar-refractivity contribution < 1.29 is 9.13 Å². The fourth-order valence-corrected chi connectivity index (χ4v) is 2.03. The van der Waals surface area contributed by atoms with E-state index in [2.05, 4.69) is 4.98 Å².